The Morgan fingerprint density at radius 2 is 1.83 bits per heavy atom. The molecule has 0 aliphatic carbocycles. The number of pyridine rings is 1. The number of carbonyl (C=O) groups excluding carboxylic acids is 1. The fourth-order valence-electron chi connectivity index (χ4n) is 4.29. The molecular formula is C25H23N8O2+. The van der Waals surface area contributed by atoms with Crippen LogP contribution in [0.15, 0.2) is 92.8 Å². The third kappa shape index (κ3) is 3.94. The molecule has 174 valence electrons. The van der Waals surface area contributed by atoms with E-state index in [1.807, 2.05) is 47.4 Å². The second-order valence-electron chi connectivity index (χ2n) is 8.43. The number of piperazine rings is 1. The Hall–Kier alpha value is -4.41. The van der Waals surface area contributed by atoms with Crippen molar-refractivity contribution in [3.05, 3.63) is 90.1 Å². The maximum atomic E-state index is 13.1. The van der Waals surface area contributed by atoms with Gasteiger partial charge in [-0.3, -0.25) is 4.79 Å². The molecule has 1 fully saturated rings. The molecule has 10 nitrogen and oxygen atoms in total. The summed E-state index contributed by atoms with van der Waals surface area (Å²) in [5.41, 5.74) is 2.12. The minimum atomic E-state index is -0.337. The van der Waals surface area contributed by atoms with Crippen molar-refractivity contribution in [2.24, 2.45) is 20.9 Å². The SMILES string of the molecule is N[N+]12C=C(c3ccc(C(=O)N4CCN(c5ccccn5)CC4)cc3)N=CC1=NC(c1ccco1)=N2. The van der Waals surface area contributed by atoms with Gasteiger partial charge in [0.05, 0.1) is 6.26 Å². The van der Waals surface area contributed by atoms with Gasteiger partial charge >= 0.3 is 0 Å². The van der Waals surface area contributed by atoms with Gasteiger partial charge < -0.3 is 14.2 Å². The van der Waals surface area contributed by atoms with Crippen molar-refractivity contribution in [1.82, 2.24) is 9.88 Å². The lowest BCUT2D eigenvalue weighted by molar-refractivity contribution is -0.802. The van der Waals surface area contributed by atoms with Gasteiger partial charge in [0.1, 0.15) is 17.7 Å². The van der Waals surface area contributed by atoms with Gasteiger partial charge in [-0.05, 0) is 46.2 Å². The predicted molar refractivity (Wildman–Crippen MR) is 132 cm³/mol. The van der Waals surface area contributed by atoms with Crippen LogP contribution < -0.4 is 10.7 Å². The predicted octanol–water partition coefficient (Wildman–Crippen LogP) is 2.48. The highest BCUT2D eigenvalue weighted by Crippen LogP contribution is 2.27. The standard InChI is InChI=1S/C25H23N8O2/c26-33-17-20(28-16-23(33)29-24(30-33)21-4-3-15-35-21)18-6-8-19(9-7-18)25(34)32-13-11-31(12-14-32)22-5-1-2-10-27-22/h1-10,15-17H,11-14,26H2/q+1. The monoisotopic (exact) mass is 467 g/mol. The van der Waals surface area contributed by atoms with Crippen molar-refractivity contribution < 1.29 is 13.9 Å². The van der Waals surface area contributed by atoms with Crippen LogP contribution in [0.3, 0.4) is 0 Å². The number of nitrogens with zero attached hydrogens (tertiary/aromatic N) is 7. The molecule has 2 N–H and O–H groups in total. The lowest BCUT2D eigenvalue weighted by Gasteiger charge is -2.35. The largest absolute Gasteiger partial charge is 0.461 e. The minimum absolute atomic E-state index is 0.0160. The van der Waals surface area contributed by atoms with Crippen molar-refractivity contribution in [2.75, 3.05) is 31.1 Å². The molecule has 35 heavy (non-hydrogen) atoms. The van der Waals surface area contributed by atoms with Crippen molar-refractivity contribution >= 4 is 35.3 Å². The number of furan rings is 1. The molecule has 0 saturated carbocycles. The number of amides is 1. The van der Waals surface area contributed by atoms with Crippen LogP contribution in [-0.4, -0.2) is 64.6 Å². The van der Waals surface area contributed by atoms with E-state index in [9.17, 15) is 4.79 Å². The molecule has 3 aromatic rings. The zero-order valence-electron chi connectivity index (χ0n) is 18.9. The summed E-state index contributed by atoms with van der Waals surface area (Å²) in [5.74, 6) is 8.87. The smallest absolute Gasteiger partial charge is 0.300 e. The maximum absolute atomic E-state index is 13.1. The van der Waals surface area contributed by atoms with E-state index in [2.05, 4.69) is 25.0 Å². The summed E-state index contributed by atoms with van der Waals surface area (Å²) >= 11 is 0. The van der Waals surface area contributed by atoms with Crippen LogP contribution in [0.2, 0.25) is 0 Å². The summed E-state index contributed by atoms with van der Waals surface area (Å²) in [4.78, 5) is 30.5. The van der Waals surface area contributed by atoms with E-state index in [0.717, 1.165) is 24.5 Å². The summed E-state index contributed by atoms with van der Waals surface area (Å²) in [6.45, 7) is 2.81. The number of hydrogen-bond acceptors (Lipinski definition) is 8. The van der Waals surface area contributed by atoms with Gasteiger partial charge in [0, 0.05) is 43.5 Å². The average Bonchev–Trinajstić information content (AvgIpc) is 3.56. The van der Waals surface area contributed by atoms with Gasteiger partial charge in [-0.15, -0.1) is 5.84 Å². The van der Waals surface area contributed by atoms with Gasteiger partial charge in [0.25, 0.3) is 17.6 Å². The number of rotatable bonds is 4. The molecule has 10 heteroatoms. The van der Waals surface area contributed by atoms with E-state index in [4.69, 9.17) is 10.3 Å². The first kappa shape index (κ1) is 21.1. The number of nitrogens with two attached hydrogens (primary N) is 1. The lowest BCUT2D eigenvalue weighted by Crippen LogP contribution is -2.50. The molecule has 3 aliphatic heterocycles. The highest BCUT2D eigenvalue weighted by Gasteiger charge is 2.40. The first-order valence-corrected chi connectivity index (χ1v) is 11.3. The number of hydrogen-bond donors (Lipinski definition) is 1. The Kier molecular flexibility index (Phi) is 5.09. The Balaban J connectivity index is 1.15. The highest BCUT2D eigenvalue weighted by molar-refractivity contribution is 6.32. The number of quaternary nitrogens is 1. The van der Waals surface area contributed by atoms with Crippen LogP contribution in [0.5, 0.6) is 0 Å². The molecule has 1 amide bonds. The Morgan fingerprint density at radius 1 is 1.00 bits per heavy atom. The minimum Gasteiger partial charge on any atom is -0.461 e. The van der Waals surface area contributed by atoms with Gasteiger partial charge in [-0.2, -0.15) is 4.99 Å². The van der Waals surface area contributed by atoms with Crippen LogP contribution in [0.4, 0.5) is 5.82 Å². The summed E-state index contributed by atoms with van der Waals surface area (Å²) in [6, 6.07) is 16.8. The van der Waals surface area contributed by atoms with E-state index in [-0.39, 0.29) is 10.6 Å². The molecule has 1 aromatic carbocycles. The van der Waals surface area contributed by atoms with Crippen LogP contribution >= 0.6 is 0 Å². The molecule has 5 heterocycles. The van der Waals surface area contributed by atoms with E-state index >= 15 is 0 Å². The molecular weight excluding hydrogens is 444 g/mol. The fourth-order valence-corrected chi connectivity index (χ4v) is 4.29. The number of aliphatic imine (C=N–C) groups is 2. The van der Waals surface area contributed by atoms with E-state index in [1.165, 1.54) is 0 Å². The summed E-state index contributed by atoms with van der Waals surface area (Å²) in [7, 11) is 0. The van der Waals surface area contributed by atoms with Crippen LogP contribution in [0, 0.1) is 0 Å². The van der Waals surface area contributed by atoms with Crippen molar-refractivity contribution in [3.63, 3.8) is 0 Å². The maximum Gasteiger partial charge on any atom is 0.300 e. The Morgan fingerprint density at radius 3 is 2.54 bits per heavy atom. The zero-order chi connectivity index (χ0) is 23.8. The van der Waals surface area contributed by atoms with Gasteiger partial charge in [0.15, 0.2) is 12.0 Å². The summed E-state index contributed by atoms with van der Waals surface area (Å²) < 4.78 is 5.05. The molecule has 1 unspecified atom stereocenters. The molecule has 6 rings (SSSR count). The van der Waals surface area contributed by atoms with Crippen molar-refractivity contribution in [2.45, 2.75) is 0 Å². The first-order chi connectivity index (χ1) is 17.1. The summed E-state index contributed by atoms with van der Waals surface area (Å²) in [6.07, 6.45) is 6.68. The normalized spacial score (nSPS) is 21.3. The third-order valence-corrected chi connectivity index (χ3v) is 6.20. The number of fused-ring (bicyclic) bond motifs is 1. The van der Waals surface area contributed by atoms with Crippen LogP contribution in [0.25, 0.3) is 5.70 Å². The molecule has 1 atom stereocenters. The van der Waals surface area contributed by atoms with Crippen molar-refractivity contribution in [3.8, 4) is 0 Å². The quantitative estimate of drug-likeness (QED) is 0.468. The van der Waals surface area contributed by atoms with E-state index in [0.29, 0.717) is 41.8 Å². The Labute approximate surface area is 201 Å². The molecule has 3 aliphatic rings. The van der Waals surface area contributed by atoms with Gasteiger partial charge in [-0.1, -0.05) is 18.2 Å². The number of aromatic nitrogens is 1. The number of carbonyl (C=O) groups is 1. The fraction of sp³-hybridized carbons (Fsp3) is 0.160. The third-order valence-electron chi connectivity index (χ3n) is 6.20. The zero-order valence-corrected chi connectivity index (χ0v) is 18.9. The van der Waals surface area contributed by atoms with Crippen LogP contribution in [0.1, 0.15) is 21.7 Å². The topological polar surface area (TPSA) is 113 Å². The number of amidine groups is 2. The molecule has 0 spiro atoms. The number of anilines is 1. The molecule has 0 radical (unpaired) electrons. The lowest BCUT2D eigenvalue weighted by atomic mass is 10.1. The van der Waals surface area contributed by atoms with E-state index < -0.39 is 0 Å². The van der Waals surface area contributed by atoms with E-state index in [1.54, 1.807) is 37.0 Å². The van der Waals surface area contributed by atoms with Gasteiger partial charge in [-0.25, -0.2) is 9.98 Å². The first-order valence-electron chi connectivity index (χ1n) is 11.3. The Bertz CT molecular complexity index is 1370. The van der Waals surface area contributed by atoms with Gasteiger partial charge in [0.2, 0.25) is 0 Å². The second kappa shape index (κ2) is 8.42. The molecule has 0 bridgehead atoms. The summed E-state index contributed by atoms with van der Waals surface area (Å²) in [5, 5.41) is 4.49. The highest BCUT2D eigenvalue weighted by atomic mass is 16.3. The van der Waals surface area contributed by atoms with Crippen molar-refractivity contribution in [1.29, 1.82) is 0 Å². The molecule has 2 aromatic heterocycles. The molecule has 1 saturated heterocycles. The average molecular weight is 468 g/mol. The van der Waals surface area contributed by atoms with Crippen LogP contribution in [-0.2, 0) is 0 Å². The second-order valence-corrected chi connectivity index (χ2v) is 8.43. The number of benzene rings is 1.